The molecule has 4 heteroatoms. The van der Waals surface area contributed by atoms with Crippen LogP contribution in [0.1, 0.15) is 31.7 Å². The lowest BCUT2D eigenvalue weighted by molar-refractivity contribution is 0.318. The third-order valence-electron chi connectivity index (χ3n) is 3.04. The van der Waals surface area contributed by atoms with Crippen LogP contribution in [0.15, 0.2) is 27.6 Å². The van der Waals surface area contributed by atoms with Crippen LogP contribution in [0.5, 0.6) is 0 Å². The largest absolute Gasteiger partial charge is 0.328 e. The summed E-state index contributed by atoms with van der Waals surface area (Å²) in [5.41, 5.74) is 5.93. The second kappa shape index (κ2) is 4.49. The number of halogens is 1. The van der Waals surface area contributed by atoms with Gasteiger partial charge in [-0.25, -0.2) is 0 Å². The van der Waals surface area contributed by atoms with Gasteiger partial charge in [-0.05, 0) is 47.7 Å². The van der Waals surface area contributed by atoms with Crippen molar-refractivity contribution in [2.45, 2.75) is 37.8 Å². The SMILES string of the molecule is NC1CCC(n2cc(Br)ccc2=O)CC1. The summed E-state index contributed by atoms with van der Waals surface area (Å²) in [5, 5.41) is 0. The van der Waals surface area contributed by atoms with Gasteiger partial charge < -0.3 is 10.3 Å². The number of nitrogens with zero attached hydrogens (tertiary/aromatic N) is 1. The maximum absolute atomic E-state index is 11.7. The zero-order chi connectivity index (χ0) is 10.8. The van der Waals surface area contributed by atoms with Gasteiger partial charge in [0.05, 0.1) is 0 Å². The van der Waals surface area contributed by atoms with E-state index < -0.39 is 0 Å². The van der Waals surface area contributed by atoms with Gasteiger partial charge in [0, 0.05) is 28.8 Å². The van der Waals surface area contributed by atoms with Gasteiger partial charge in [-0.15, -0.1) is 0 Å². The highest BCUT2D eigenvalue weighted by Gasteiger charge is 2.20. The Balaban J connectivity index is 2.22. The zero-order valence-corrected chi connectivity index (χ0v) is 10.1. The molecule has 0 unspecified atom stereocenters. The molecule has 1 aromatic heterocycles. The van der Waals surface area contributed by atoms with Gasteiger partial charge in [-0.2, -0.15) is 0 Å². The van der Waals surface area contributed by atoms with Crippen LogP contribution in [-0.4, -0.2) is 10.6 Å². The summed E-state index contributed by atoms with van der Waals surface area (Å²) < 4.78 is 2.78. The average molecular weight is 271 g/mol. The molecule has 1 aliphatic rings. The molecule has 0 amide bonds. The minimum atomic E-state index is 0.0821. The Bertz CT molecular complexity index is 394. The van der Waals surface area contributed by atoms with Crippen molar-refractivity contribution in [2.24, 2.45) is 5.73 Å². The van der Waals surface area contributed by atoms with Gasteiger partial charge in [-0.1, -0.05) is 0 Å². The molecule has 2 N–H and O–H groups in total. The van der Waals surface area contributed by atoms with E-state index in [0.717, 1.165) is 30.2 Å². The van der Waals surface area contributed by atoms with Crippen molar-refractivity contribution in [3.63, 3.8) is 0 Å². The molecule has 1 aromatic rings. The summed E-state index contributed by atoms with van der Waals surface area (Å²) >= 11 is 3.39. The zero-order valence-electron chi connectivity index (χ0n) is 8.53. The van der Waals surface area contributed by atoms with Gasteiger partial charge >= 0.3 is 0 Å². The topological polar surface area (TPSA) is 48.0 Å². The van der Waals surface area contributed by atoms with E-state index in [-0.39, 0.29) is 5.56 Å². The first-order chi connectivity index (χ1) is 7.16. The lowest BCUT2D eigenvalue weighted by Crippen LogP contribution is -2.31. The summed E-state index contributed by atoms with van der Waals surface area (Å²) in [6.45, 7) is 0. The van der Waals surface area contributed by atoms with E-state index in [1.807, 2.05) is 10.8 Å². The van der Waals surface area contributed by atoms with Crippen LogP contribution < -0.4 is 11.3 Å². The van der Waals surface area contributed by atoms with E-state index in [4.69, 9.17) is 5.73 Å². The molecule has 0 atom stereocenters. The molecule has 0 saturated heterocycles. The minimum absolute atomic E-state index is 0.0821. The second-order valence-corrected chi connectivity index (χ2v) is 5.08. The maximum atomic E-state index is 11.7. The second-order valence-electron chi connectivity index (χ2n) is 4.16. The van der Waals surface area contributed by atoms with Crippen LogP contribution >= 0.6 is 15.9 Å². The molecule has 0 radical (unpaired) electrons. The fourth-order valence-electron chi connectivity index (χ4n) is 2.14. The van der Waals surface area contributed by atoms with E-state index in [9.17, 15) is 4.79 Å². The Kier molecular flexibility index (Phi) is 3.26. The Morgan fingerprint density at radius 2 is 1.93 bits per heavy atom. The van der Waals surface area contributed by atoms with Crippen molar-refractivity contribution < 1.29 is 0 Å². The molecule has 3 nitrogen and oxygen atoms in total. The number of pyridine rings is 1. The number of hydrogen-bond donors (Lipinski definition) is 1. The first-order valence-corrected chi connectivity index (χ1v) is 6.09. The van der Waals surface area contributed by atoms with E-state index in [2.05, 4.69) is 15.9 Å². The summed E-state index contributed by atoms with van der Waals surface area (Å²) in [5.74, 6) is 0. The molecule has 0 aliphatic heterocycles. The molecule has 1 fully saturated rings. The standard InChI is InChI=1S/C11H15BrN2O/c12-8-1-6-11(15)14(7-8)10-4-2-9(13)3-5-10/h1,6-7,9-10H,2-5,13H2. The first-order valence-electron chi connectivity index (χ1n) is 5.30. The van der Waals surface area contributed by atoms with Crippen LogP contribution in [0.3, 0.4) is 0 Å². The van der Waals surface area contributed by atoms with Crippen LogP contribution in [0.4, 0.5) is 0 Å². The van der Waals surface area contributed by atoms with Crippen LogP contribution in [0, 0.1) is 0 Å². The van der Waals surface area contributed by atoms with Gasteiger partial charge in [0.1, 0.15) is 0 Å². The number of aromatic nitrogens is 1. The monoisotopic (exact) mass is 270 g/mol. The number of hydrogen-bond acceptors (Lipinski definition) is 2. The lowest BCUT2D eigenvalue weighted by atomic mass is 9.91. The smallest absolute Gasteiger partial charge is 0.250 e. The van der Waals surface area contributed by atoms with Crippen molar-refractivity contribution in [1.29, 1.82) is 0 Å². The number of nitrogens with two attached hydrogens (primary N) is 1. The Labute approximate surface area is 97.4 Å². The fourth-order valence-corrected chi connectivity index (χ4v) is 2.49. The van der Waals surface area contributed by atoms with Gasteiger partial charge in [0.15, 0.2) is 0 Å². The molecule has 15 heavy (non-hydrogen) atoms. The molecular formula is C11H15BrN2O. The van der Waals surface area contributed by atoms with E-state index in [0.29, 0.717) is 12.1 Å². The normalized spacial score (nSPS) is 26.5. The summed E-state index contributed by atoms with van der Waals surface area (Å²) in [4.78, 5) is 11.7. The lowest BCUT2D eigenvalue weighted by Gasteiger charge is -2.27. The minimum Gasteiger partial charge on any atom is -0.328 e. The molecule has 0 spiro atoms. The van der Waals surface area contributed by atoms with Gasteiger partial charge in [-0.3, -0.25) is 4.79 Å². The molecule has 1 heterocycles. The van der Waals surface area contributed by atoms with Crippen molar-refractivity contribution in [2.75, 3.05) is 0 Å². The maximum Gasteiger partial charge on any atom is 0.250 e. The summed E-state index contributed by atoms with van der Waals surface area (Å²) in [6.07, 6.45) is 5.94. The van der Waals surface area contributed by atoms with Crippen molar-refractivity contribution in [3.05, 3.63) is 33.2 Å². The first kappa shape index (κ1) is 10.9. The van der Waals surface area contributed by atoms with Crippen LogP contribution in [0.25, 0.3) is 0 Å². The quantitative estimate of drug-likeness (QED) is 0.849. The third kappa shape index (κ3) is 2.49. The predicted molar refractivity (Wildman–Crippen MR) is 63.9 cm³/mol. The average Bonchev–Trinajstić information content (AvgIpc) is 2.23. The van der Waals surface area contributed by atoms with E-state index >= 15 is 0 Å². The molecule has 0 bridgehead atoms. The Morgan fingerprint density at radius 3 is 2.60 bits per heavy atom. The highest BCUT2D eigenvalue weighted by molar-refractivity contribution is 9.10. The van der Waals surface area contributed by atoms with Crippen LogP contribution in [0.2, 0.25) is 0 Å². The molecule has 0 aromatic carbocycles. The predicted octanol–water partition coefficient (Wildman–Crippen LogP) is 2.05. The van der Waals surface area contributed by atoms with Crippen molar-refractivity contribution in [3.8, 4) is 0 Å². The molecule has 1 aliphatic carbocycles. The highest BCUT2D eigenvalue weighted by atomic mass is 79.9. The Morgan fingerprint density at radius 1 is 1.27 bits per heavy atom. The van der Waals surface area contributed by atoms with Crippen LogP contribution in [-0.2, 0) is 0 Å². The van der Waals surface area contributed by atoms with Crippen molar-refractivity contribution >= 4 is 15.9 Å². The number of rotatable bonds is 1. The third-order valence-corrected chi connectivity index (χ3v) is 3.51. The molecule has 1 saturated carbocycles. The summed E-state index contributed by atoms with van der Waals surface area (Å²) in [6, 6.07) is 4.05. The molecule has 2 rings (SSSR count). The molecular weight excluding hydrogens is 256 g/mol. The molecule has 82 valence electrons. The summed E-state index contributed by atoms with van der Waals surface area (Å²) in [7, 11) is 0. The van der Waals surface area contributed by atoms with Gasteiger partial charge in [0.2, 0.25) is 0 Å². The van der Waals surface area contributed by atoms with E-state index in [1.165, 1.54) is 0 Å². The van der Waals surface area contributed by atoms with Crippen molar-refractivity contribution in [1.82, 2.24) is 4.57 Å². The Hall–Kier alpha value is -0.610. The van der Waals surface area contributed by atoms with E-state index in [1.54, 1.807) is 12.1 Å². The fraction of sp³-hybridized carbons (Fsp3) is 0.545. The van der Waals surface area contributed by atoms with Gasteiger partial charge in [0.25, 0.3) is 5.56 Å². The highest BCUT2D eigenvalue weighted by Crippen LogP contribution is 2.26.